The summed E-state index contributed by atoms with van der Waals surface area (Å²) in [5.41, 5.74) is 1.33. The van der Waals surface area contributed by atoms with Gasteiger partial charge in [0.15, 0.2) is 0 Å². The van der Waals surface area contributed by atoms with E-state index < -0.39 is 0 Å². The molecule has 3 rings (SSSR count). The zero-order chi connectivity index (χ0) is 15.5. The largest absolute Gasteiger partial charge is 0.495 e. The Morgan fingerprint density at radius 2 is 1.41 bits per heavy atom. The Labute approximate surface area is 131 Å². The van der Waals surface area contributed by atoms with E-state index in [9.17, 15) is 0 Å². The minimum absolute atomic E-state index is 0.935. The van der Waals surface area contributed by atoms with Crippen molar-refractivity contribution in [2.75, 3.05) is 14.2 Å². The minimum atomic E-state index is 0.935. The summed E-state index contributed by atoms with van der Waals surface area (Å²) in [4.78, 5) is 0. The molecule has 3 aromatic carbocycles. The number of rotatable bonds is 5. The lowest BCUT2D eigenvalue weighted by atomic mass is 9.94. The summed E-state index contributed by atoms with van der Waals surface area (Å²) in [7, 11) is 3.50. The molecule has 0 saturated carbocycles. The van der Waals surface area contributed by atoms with Crippen LogP contribution < -0.4 is 9.47 Å². The fourth-order valence-corrected chi connectivity index (χ4v) is 3.22. The molecule has 0 amide bonds. The molecule has 0 fully saturated rings. The third-order valence-corrected chi connectivity index (χ3v) is 4.25. The summed E-state index contributed by atoms with van der Waals surface area (Å²) in [5.74, 6) is 1.89. The first kappa shape index (κ1) is 14.7. The van der Waals surface area contributed by atoms with Gasteiger partial charge in [-0.15, -0.1) is 0 Å². The molecule has 0 heterocycles. The number of ether oxygens (including phenoxy) is 2. The highest BCUT2D eigenvalue weighted by Gasteiger charge is 2.17. The maximum Gasteiger partial charge on any atom is 0.135 e. The number of benzene rings is 3. The second kappa shape index (κ2) is 6.27. The summed E-state index contributed by atoms with van der Waals surface area (Å²) >= 11 is 0. The molecule has 2 nitrogen and oxygen atoms in total. The highest BCUT2D eigenvalue weighted by atomic mass is 16.5. The Kier molecular flexibility index (Phi) is 4.19. The molecule has 0 aliphatic carbocycles. The topological polar surface area (TPSA) is 18.5 Å². The predicted octanol–water partition coefficient (Wildman–Crippen LogP) is 5.35. The van der Waals surface area contributed by atoms with Crippen molar-refractivity contribution in [2.45, 2.75) is 26.2 Å². The molecule has 0 aliphatic rings. The number of methoxy groups -OCH3 is 2. The molecular weight excluding hydrogens is 272 g/mol. The molecule has 0 saturated heterocycles. The Hall–Kier alpha value is -2.22. The molecule has 0 radical (unpaired) electrons. The van der Waals surface area contributed by atoms with Crippen LogP contribution in [0.4, 0.5) is 0 Å². The van der Waals surface area contributed by atoms with Gasteiger partial charge >= 0.3 is 0 Å². The van der Waals surface area contributed by atoms with Crippen LogP contribution in [0.3, 0.4) is 0 Å². The van der Waals surface area contributed by atoms with E-state index in [0.29, 0.717) is 0 Å². The van der Waals surface area contributed by atoms with Gasteiger partial charge in [-0.1, -0.05) is 55.8 Å². The van der Waals surface area contributed by atoms with Gasteiger partial charge in [0.2, 0.25) is 0 Å². The molecule has 22 heavy (non-hydrogen) atoms. The molecular formula is C20H22O2. The third kappa shape index (κ3) is 2.29. The average Bonchev–Trinajstić information content (AvgIpc) is 2.57. The highest BCUT2D eigenvalue weighted by molar-refractivity contribution is 6.12. The second-order valence-corrected chi connectivity index (χ2v) is 5.56. The summed E-state index contributed by atoms with van der Waals surface area (Å²) in [6.45, 7) is 2.22. The SMILES string of the molecule is CCCCc1cccc2c(OC)c3ccccc3c(OC)c12. The van der Waals surface area contributed by atoms with Crippen LogP contribution >= 0.6 is 0 Å². The van der Waals surface area contributed by atoms with E-state index in [4.69, 9.17) is 9.47 Å². The van der Waals surface area contributed by atoms with E-state index in [2.05, 4.69) is 37.3 Å². The van der Waals surface area contributed by atoms with Crippen molar-refractivity contribution < 1.29 is 9.47 Å². The van der Waals surface area contributed by atoms with Gasteiger partial charge in [0.05, 0.1) is 14.2 Å². The molecule has 0 unspecified atom stereocenters. The van der Waals surface area contributed by atoms with E-state index >= 15 is 0 Å². The summed E-state index contributed by atoms with van der Waals surface area (Å²) < 4.78 is 11.5. The minimum Gasteiger partial charge on any atom is -0.495 e. The molecule has 3 aromatic rings. The van der Waals surface area contributed by atoms with Crippen LogP contribution in [0.15, 0.2) is 42.5 Å². The van der Waals surface area contributed by atoms with Crippen LogP contribution in [0.1, 0.15) is 25.3 Å². The molecule has 2 heteroatoms. The normalized spacial score (nSPS) is 11.0. The summed E-state index contributed by atoms with van der Waals surface area (Å²) in [6, 6.07) is 14.7. The van der Waals surface area contributed by atoms with E-state index in [1.807, 2.05) is 12.1 Å². The maximum atomic E-state index is 5.81. The Morgan fingerprint density at radius 1 is 0.773 bits per heavy atom. The van der Waals surface area contributed by atoms with Gasteiger partial charge in [0.1, 0.15) is 11.5 Å². The van der Waals surface area contributed by atoms with Crippen LogP contribution in [0.25, 0.3) is 21.5 Å². The first-order valence-corrected chi connectivity index (χ1v) is 7.86. The lowest BCUT2D eigenvalue weighted by Crippen LogP contribution is -1.96. The standard InChI is InChI=1S/C20H22O2/c1-4-5-9-14-10-8-13-17-18(14)20(22-3)16-12-7-6-11-15(16)19(17)21-2/h6-8,10-13H,4-5,9H2,1-3H3. The van der Waals surface area contributed by atoms with Crippen molar-refractivity contribution in [3.05, 3.63) is 48.0 Å². The molecule has 0 aliphatic heterocycles. The number of hydrogen-bond donors (Lipinski definition) is 0. The zero-order valence-corrected chi connectivity index (χ0v) is 13.5. The summed E-state index contributed by atoms with van der Waals surface area (Å²) in [5, 5.41) is 4.53. The van der Waals surface area contributed by atoms with Crippen molar-refractivity contribution in [2.24, 2.45) is 0 Å². The predicted molar refractivity (Wildman–Crippen MR) is 93.2 cm³/mol. The zero-order valence-electron chi connectivity index (χ0n) is 13.5. The number of hydrogen-bond acceptors (Lipinski definition) is 2. The molecule has 114 valence electrons. The Bertz CT molecular complexity index is 806. The van der Waals surface area contributed by atoms with Crippen molar-refractivity contribution in [3.63, 3.8) is 0 Å². The lowest BCUT2D eigenvalue weighted by molar-refractivity contribution is 0.417. The maximum absolute atomic E-state index is 5.81. The lowest BCUT2D eigenvalue weighted by Gasteiger charge is -2.17. The van der Waals surface area contributed by atoms with Gasteiger partial charge in [0.25, 0.3) is 0 Å². The first-order valence-electron chi connectivity index (χ1n) is 7.86. The van der Waals surface area contributed by atoms with E-state index in [-0.39, 0.29) is 0 Å². The van der Waals surface area contributed by atoms with E-state index in [1.54, 1.807) is 14.2 Å². The average molecular weight is 294 g/mol. The van der Waals surface area contributed by atoms with Crippen molar-refractivity contribution in [1.29, 1.82) is 0 Å². The van der Waals surface area contributed by atoms with Crippen LogP contribution in [-0.4, -0.2) is 14.2 Å². The molecule has 0 bridgehead atoms. The van der Waals surface area contributed by atoms with Gasteiger partial charge in [-0.05, 0) is 18.4 Å². The van der Waals surface area contributed by atoms with Gasteiger partial charge in [-0.3, -0.25) is 0 Å². The Balaban J connectivity index is 2.44. The van der Waals surface area contributed by atoms with Crippen LogP contribution in [0, 0.1) is 0 Å². The van der Waals surface area contributed by atoms with Crippen LogP contribution in [0.2, 0.25) is 0 Å². The highest BCUT2D eigenvalue weighted by Crippen LogP contribution is 2.44. The van der Waals surface area contributed by atoms with Crippen LogP contribution in [0.5, 0.6) is 11.5 Å². The smallest absolute Gasteiger partial charge is 0.135 e. The van der Waals surface area contributed by atoms with Crippen molar-refractivity contribution in [3.8, 4) is 11.5 Å². The van der Waals surface area contributed by atoms with E-state index in [1.165, 1.54) is 23.8 Å². The third-order valence-electron chi connectivity index (χ3n) is 4.25. The molecule has 0 spiro atoms. The number of fused-ring (bicyclic) bond motifs is 2. The van der Waals surface area contributed by atoms with Crippen molar-refractivity contribution >= 4 is 21.5 Å². The fourth-order valence-electron chi connectivity index (χ4n) is 3.22. The van der Waals surface area contributed by atoms with Crippen LogP contribution in [-0.2, 0) is 6.42 Å². The van der Waals surface area contributed by atoms with E-state index in [0.717, 1.165) is 34.1 Å². The van der Waals surface area contributed by atoms with Gasteiger partial charge in [-0.25, -0.2) is 0 Å². The van der Waals surface area contributed by atoms with Gasteiger partial charge in [-0.2, -0.15) is 0 Å². The molecule has 0 aromatic heterocycles. The number of aryl methyl sites for hydroxylation is 1. The summed E-state index contributed by atoms with van der Waals surface area (Å²) in [6.07, 6.45) is 3.42. The van der Waals surface area contributed by atoms with Gasteiger partial charge < -0.3 is 9.47 Å². The monoisotopic (exact) mass is 294 g/mol. The van der Waals surface area contributed by atoms with Crippen molar-refractivity contribution in [1.82, 2.24) is 0 Å². The number of unbranched alkanes of at least 4 members (excludes halogenated alkanes) is 1. The van der Waals surface area contributed by atoms with Gasteiger partial charge in [0, 0.05) is 21.5 Å². The molecule has 0 atom stereocenters. The fraction of sp³-hybridized carbons (Fsp3) is 0.300. The quantitative estimate of drug-likeness (QED) is 0.590. The molecule has 0 N–H and O–H groups in total. The first-order chi connectivity index (χ1) is 10.8. The second-order valence-electron chi connectivity index (χ2n) is 5.56. The Morgan fingerprint density at radius 3 is 2.05 bits per heavy atom.